The summed E-state index contributed by atoms with van der Waals surface area (Å²) in [5.74, 6) is 0. The summed E-state index contributed by atoms with van der Waals surface area (Å²) >= 11 is 3.42. The summed E-state index contributed by atoms with van der Waals surface area (Å²) in [5.41, 5.74) is -0.673. The molecule has 2 fully saturated rings. The highest BCUT2D eigenvalue weighted by Crippen LogP contribution is 2.52. The van der Waals surface area contributed by atoms with Crippen molar-refractivity contribution in [2.45, 2.75) is 122 Å². The van der Waals surface area contributed by atoms with Crippen molar-refractivity contribution in [2.75, 3.05) is 32.1 Å². The van der Waals surface area contributed by atoms with Gasteiger partial charge in [-0.05, 0) is 59.3 Å². The van der Waals surface area contributed by atoms with Crippen LogP contribution in [0, 0.1) is 6.92 Å². The van der Waals surface area contributed by atoms with Gasteiger partial charge >= 0.3 is 13.4 Å². The van der Waals surface area contributed by atoms with Crippen LogP contribution in [0.1, 0.15) is 72.6 Å². The van der Waals surface area contributed by atoms with Crippen molar-refractivity contribution in [3.8, 4) is 0 Å². The Hall–Kier alpha value is -0.673. The first-order valence-electron chi connectivity index (χ1n) is 15.0. The van der Waals surface area contributed by atoms with E-state index in [1.807, 2.05) is 6.92 Å². The Balaban J connectivity index is 1.79. The van der Waals surface area contributed by atoms with Crippen molar-refractivity contribution in [3.63, 3.8) is 0 Å². The van der Waals surface area contributed by atoms with E-state index in [1.165, 1.54) is 10.8 Å². The first-order chi connectivity index (χ1) is 19.8. The third-order valence-electron chi connectivity index (χ3n) is 8.50. The van der Waals surface area contributed by atoms with Crippen LogP contribution in [0.25, 0.3) is 0 Å². The molecule has 6 atom stereocenters. The van der Waals surface area contributed by atoms with Gasteiger partial charge in [0.25, 0.3) is 5.56 Å². The van der Waals surface area contributed by atoms with E-state index in [0.29, 0.717) is 30.3 Å². The average molecular weight is 712 g/mol. The van der Waals surface area contributed by atoms with Gasteiger partial charge in [-0.2, -0.15) is 0 Å². The molecule has 2 saturated heterocycles. The standard InChI is InChI=1S/C28H52BrN4O8PSi/c1-19-17-33(26(35)30-25(19)34)24-15-21(41-43(9,10)27(3,4)5)22(40-24)18-38-42(36,32(8)13-12-29)37-14-11-23-31-28(6,7)16-20(2)39-23/h17,20-24,31H,11-16,18H2,1-10H3,(H,30,34,35)/t20?,21-,22+,23?,24+,42?/m0/s1. The SMILES string of the molecule is Cc1cn([C@H]2C[C@H](O[Si](C)(C)C(C)(C)C)[C@@H](COP(=O)(OCCC3NC(C)(C)CC(C)O3)N(C)CCBr)O2)c(=O)[nH]c1=O. The van der Waals surface area contributed by atoms with Gasteiger partial charge in [-0.3, -0.25) is 28.7 Å². The maximum atomic E-state index is 14.1. The zero-order chi connectivity index (χ0) is 32.4. The molecule has 0 radical (unpaired) electrons. The van der Waals surface area contributed by atoms with Gasteiger partial charge in [0.2, 0.25) is 0 Å². The zero-order valence-electron chi connectivity index (χ0n) is 27.4. The van der Waals surface area contributed by atoms with Crippen LogP contribution in [-0.2, 0) is 27.5 Å². The molecule has 1 aromatic rings. The molecule has 15 heteroatoms. The van der Waals surface area contributed by atoms with E-state index < -0.39 is 45.7 Å². The van der Waals surface area contributed by atoms with Crippen LogP contribution >= 0.6 is 23.7 Å². The van der Waals surface area contributed by atoms with Gasteiger partial charge in [-0.25, -0.2) is 14.0 Å². The van der Waals surface area contributed by atoms with E-state index in [1.54, 1.807) is 18.6 Å². The minimum atomic E-state index is -3.74. The molecule has 248 valence electrons. The summed E-state index contributed by atoms with van der Waals surface area (Å²) in [6.45, 7) is 19.2. The molecule has 0 aliphatic carbocycles. The lowest BCUT2D eigenvalue weighted by molar-refractivity contribution is -0.0943. The van der Waals surface area contributed by atoms with Crippen LogP contribution in [0.2, 0.25) is 18.1 Å². The van der Waals surface area contributed by atoms with Gasteiger partial charge < -0.3 is 13.9 Å². The molecule has 3 heterocycles. The zero-order valence-corrected chi connectivity index (χ0v) is 30.9. The Labute approximate surface area is 265 Å². The van der Waals surface area contributed by atoms with Crippen LogP contribution in [0.5, 0.6) is 0 Å². The molecule has 0 spiro atoms. The summed E-state index contributed by atoms with van der Waals surface area (Å²) in [6.07, 6.45) is 1.39. The number of ether oxygens (including phenoxy) is 2. The van der Waals surface area contributed by atoms with Crippen molar-refractivity contribution >= 4 is 32.0 Å². The van der Waals surface area contributed by atoms with Crippen LogP contribution in [0.15, 0.2) is 15.8 Å². The number of rotatable bonds is 13. The second kappa shape index (κ2) is 14.4. The molecule has 0 bridgehead atoms. The molecule has 0 saturated carbocycles. The lowest BCUT2D eigenvalue weighted by atomic mass is 9.95. The van der Waals surface area contributed by atoms with Crippen molar-refractivity contribution in [1.82, 2.24) is 19.5 Å². The number of H-pyrrole nitrogens is 1. The van der Waals surface area contributed by atoms with Crippen molar-refractivity contribution < 1.29 is 27.5 Å². The number of halogens is 1. The van der Waals surface area contributed by atoms with Crippen LogP contribution < -0.4 is 16.6 Å². The van der Waals surface area contributed by atoms with Crippen LogP contribution in [-0.4, -0.2) is 84.8 Å². The summed E-state index contributed by atoms with van der Waals surface area (Å²) in [6, 6.07) is 0. The Morgan fingerprint density at radius 1 is 1.23 bits per heavy atom. The van der Waals surface area contributed by atoms with Gasteiger partial charge in [0.1, 0.15) is 18.6 Å². The molecule has 2 aliphatic rings. The third-order valence-corrected chi connectivity index (χ3v) is 15.4. The number of hydrogen-bond acceptors (Lipinski definition) is 9. The molecule has 43 heavy (non-hydrogen) atoms. The van der Waals surface area contributed by atoms with E-state index in [2.05, 4.69) is 73.9 Å². The van der Waals surface area contributed by atoms with E-state index in [-0.39, 0.29) is 36.1 Å². The lowest BCUT2D eigenvalue weighted by Crippen LogP contribution is -2.55. The monoisotopic (exact) mass is 710 g/mol. The number of hydrogen-bond donors (Lipinski definition) is 2. The van der Waals surface area contributed by atoms with Gasteiger partial charge in [0.05, 0.1) is 25.4 Å². The molecular formula is C28H52BrN4O8PSi. The Morgan fingerprint density at radius 2 is 1.91 bits per heavy atom. The maximum absolute atomic E-state index is 14.1. The quantitative estimate of drug-likeness (QED) is 0.166. The largest absolute Gasteiger partial charge is 0.411 e. The number of nitrogens with zero attached hydrogens (tertiary/aromatic N) is 2. The third kappa shape index (κ3) is 9.66. The predicted octanol–water partition coefficient (Wildman–Crippen LogP) is 4.88. The van der Waals surface area contributed by atoms with E-state index in [4.69, 9.17) is 22.9 Å². The van der Waals surface area contributed by atoms with Gasteiger partial charge in [-0.1, -0.05) is 36.7 Å². The Bertz CT molecular complexity index is 1250. The minimum Gasteiger partial charge on any atom is -0.411 e. The fourth-order valence-electron chi connectivity index (χ4n) is 5.14. The number of aromatic nitrogens is 2. The fourth-order valence-corrected chi connectivity index (χ4v) is 8.79. The van der Waals surface area contributed by atoms with E-state index in [0.717, 1.165) is 6.42 Å². The highest BCUT2D eigenvalue weighted by atomic mass is 79.9. The van der Waals surface area contributed by atoms with E-state index >= 15 is 0 Å². The van der Waals surface area contributed by atoms with Crippen molar-refractivity contribution in [2.24, 2.45) is 0 Å². The molecule has 1 aromatic heterocycles. The van der Waals surface area contributed by atoms with Crippen molar-refractivity contribution in [3.05, 3.63) is 32.6 Å². The van der Waals surface area contributed by atoms with Crippen LogP contribution in [0.3, 0.4) is 0 Å². The normalized spacial score (nSPS) is 27.9. The molecule has 12 nitrogen and oxygen atoms in total. The molecule has 3 unspecified atom stereocenters. The fraction of sp³-hybridized carbons (Fsp3) is 0.857. The predicted molar refractivity (Wildman–Crippen MR) is 173 cm³/mol. The Kier molecular flexibility index (Phi) is 12.3. The smallest absolute Gasteiger partial charge is 0.408 e. The molecule has 0 aromatic carbocycles. The highest BCUT2D eigenvalue weighted by molar-refractivity contribution is 9.09. The summed E-state index contributed by atoms with van der Waals surface area (Å²) < 4.78 is 48.3. The molecule has 3 rings (SSSR count). The highest BCUT2D eigenvalue weighted by Gasteiger charge is 2.46. The summed E-state index contributed by atoms with van der Waals surface area (Å²) in [4.78, 5) is 27.0. The molecule has 2 N–H and O–H groups in total. The first kappa shape index (κ1) is 36.8. The number of aryl methyl sites for hydroxylation is 1. The van der Waals surface area contributed by atoms with Gasteiger partial charge in [0, 0.05) is 42.0 Å². The summed E-state index contributed by atoms with van der Waals surface area (Å²) in [5, 5.41) is 3.98. The lowest BCUT2D eigenvalue weighted by Gasteiger charge is -2.41. The molecule has 0 amide bonds. The molecular weight excluding hydrogens is 659 g/mol. The second-order valence-corrected chi connectivity index (χ2v) is 21.6. The summed E-state index contributed by atoms with van der Waals surface area (Å²) in [7, 11) is -4.30. The topological polar surface area (TPSA) is 133 Å². The first-order valence-corrected chi connectivity index (χ1v) is 20.5. The maximum Gasteiger partial charge on any atom is 0.408 e. The molecule has 2 aliphatic heterocycles. The second-order valence-electron chi connectivity index (χ2n) is 13.9. The number of nitrogens with one attached hydrogen (secondary N) is 2. The van der Waals surface area contributed by atoms with Crippen LogP contribution in [0.4, 0.5) is 0 Å². The minimum absolute atomic E-state index is 0.0704. The van der Waals surface area contributed by atoms with Gasteiger partial charge in [-0.15, -0.1) is 0 Å². The number of aromatic amines is 1. The van der Waals surface area contributed by atoms with E-state index in [9.17, 15) is 14.2 Å². The average Bonchev–Trinajstić information content (AvgIpc) is 3.24. The Morgan fingerprint density at radius 3 is 2.51 bits per heavy atom. The van der Waals surface area contributed by atoms with Gasteiger partial charge in [0.15, 0.2) is 8.32 Å². The number of alkyl halides is 1. The van der Waals surface area contributed by atoms with Crippen molar-refractivity contribution in [1.29, 1.82) is 0 Å².